The molecule has 5 nitrogen and oxygen atoms in total. The third-order valence-corrected chi connectivity index (χ3v) is 1.99. The van der Waals surface area contributed by atoms with Gasteiger partial charge in [0, 0.05) is 0 Å². The van der Waals surface area contributed by atoms with Crippen LogP contribution in [0.15, 0.2) is 29.0 Å². The Morgan fingerprint density at radius 2 is 2.29 bits per heavy atom. The number of carbonyl (C=O) groups excluding carboxylic acids is 2. The first-order valence-corrected chi connectivity index (χ1v) is 3.99. The molecule has 1 amide bonds. The van der Waals surface area contributed by atoms with E-state index >= 15 is 0 Å². The molecule has 5 heteroatoms. The first-order chi connectivity index (χ1) is 6.72. The largest absolute Gasteiger partial charge is 0.500 e. The number of ether oxygens (including phenoxy) is 2. The van der Waals surface area contributed by atoms with Crippen molar-refractivity contribution < 1.29 is 19.1 Å². The molecule has 0 bridgehead atoms. The van der Waals surface area contributed by atoms with Crippen LogP contribution in [0.25, 0.3) is 0 Å². The predicted molar refractivity (Wildman–Crippen MR) is 46.6 cm³/mol. The summed E-state index contributed by atoms with van der Waals surface area (Å²) in [6.07, 6.45) is 4.02. The summed E-state index contributed by atoms with van der Waals surface area (Å²) in [4.78, 5) is 25.7. The van der Waals surface area contributed by atoms with Gasteiger partial charge in [0.15, 0.2) is 5.92 Å². The molecule has 1 aliphatic carbocycles. The Labute approximate surface area is 79.7 Å². The number of methoxy groups -OCH3 is 1. The summed E-state index contributed by atoms with van der Waals surface area (Å²) in [6.45, 7) is 0. The number of carbonyl (C=O) groups is 2. The molecule has 2 rings (SSSR count). The summed E-state index contributed by atoms with van der Waals surface area (Å²) < 4.78 is 9.35. The number of amides is 1. The van der Waals surface area contributed by atoms with E-state index in [9.17, 15) is 9.59 Å². The van der Waals surface area contributed by atoms with E-state index in [0.717, 1.165) is 0 Å². The van der Waals surface area contributed by atoms with Crippen molar-refractivity contribution in [3.63, 3.8) is 0 Å². The fraction of sp³-hybridized carbons (Fsp3) is 0.222. The monoisotopic (exact) mass is 193 g/mol. The molecule has 1 unspecified atom stereocenters. The number of allylic oxidation sites excluding steroid dienone is 3. The average molecular weight is 193 g/mol. The lowest BCUT2D eigenvalue weighted by molar-refractivity contribution is -0.139. The van der Waals surface area contributed by atoms with Crippen LogP contribution in [0.4, 0.5) is 4.79 Å². The van der Waals surface area contributed by atoms with Gasteiger partial charge in [-0.3, -0.25) is 4.79 Å². The van der Waals surface area contributed by atoms with Crippen LogP contribution in [0.1, 0.15) is 0 Å². The maximum atomic E-state index is 11.3. The van der Waals surface area contributed by atoms with Crippen LogP contribution in [0.5, 0.6) is 0 Å². The second kappa shape index (κ2) is 3.10. The maximum Gasteiger partial charge on any atom is 0.441 e. The van der Waals surface area contributed by atoms with Crippen LogP contribution in [0.3, 0.4) is 0 Å². The fourth-order valence-corrected chi connectivity index (χ4v) is 1.38. The molecule has 72 valence electrons. The lowest BCUT2D eigenvalue weighted by atomic mass is 9.95. The number of nitrogens with zero attached hydrogens (tertiary/aromatic N) is 1. The van der Waals surface area contributed by atoms with E-state index in [1.54, 1.807) is 18.2 Å². The highest BCUT2D eigenvalue weighted by atomic mass is 16.6. The van der Waals surface area contributed by atoms with Crippen molar-refractivity contribution in [2.24, 2.45) is 10.9 Å². The van der Waals surface area contributed by atoms with Crippen LogP contribution in [0.2, 0.25) is 0 Å². The number of aliphatic imine (C=N–C) groups is 1. The van der Waals surface area contributed by atoms with E-state index in [1.807, 2.05) is 0 Å². The van der Waals surface area contributed by atoms with Gasteiger partial charge >= 0.3 is 12.1 Å². The van der Waals surface area contributed by atoms with E-state index in [-0.39, 0.29) is 0 Å². The molecule has 1 atom stereocenters. The zero-order chi connectivity index (χ0) is 10.1. The number of fused-ring (bicyclic) bond motifs is 1. The molecule has 0 N–H and O–H groups in total. The Balaban J connectivity index is 2.44. The molecule has 1 heterocycles. The van der Waals surface area contributed by atoms with Gasteiger partial charge in [-0.1, -0.05) is 6.08 Å². The van der Waals surface area contributed by atoms with Gasteiger partial charge in [-0.25, -0.2) is 4.79 Å². The molecule has 0 saturated heterocycles. The van der Waals surface area contributed by atoms with Crippen molar-refractivity contribution in [1.82, 2.24) is 0 Å². The van der Waals surface area contributed by atoms with Crippen molar-refractivity contribution in [3.8, 4) is 0 Å². The summed E-state index contributed by atoms with van der Waals surface area (Å²) in [5.74, 6) is -0.899. The summed E-state index contributed by atoms with van der Waals surface area (Å²) in [6, 6.07) is 0. The number of rotatable bonds is 1. The van der Waals surface area contributed by atoms with Gasteiger partial charge in [0.25, 0.3) is 0 Å². The molecule has 0 fully saturated rings. The van der Waals surface area contributed by atoms with Gasteiger partial charge in [-0.2, -0.15) is 4.99 Å². The Kier molecular flexibility index (Phi) is 1.92. The van der Waals surface area contributed by atoms with Gasteiger partial charge in [0.05, 0.1) is 12.8 Å². The van der Waals surface area contributed by atoms with Crippen molar-refractivity contribution >= 4 is 17.8 Å². The van der Waals surface area contributed by atoms with E-state index in [2.05, 4.69) is 9.73 Å². The summed E-state index contributed by atoms with van der Waals surface area (Å²) in [7, 11) is 1.45. The Morgan fingerprint density at radius 3 is 3.00 bits per heavy atom. The standard InChI is InChI=1S/C9H7NO4/c1-13-6-4-2-3-5-7(6)8(11)14-9(12)10-5/h2-4,7H,1H3. The molecule has 2 aliphatic rings. The topological polar surface area (TPSA) is 65.0 Å². The molecule has 0 aromatic rings. The van der Waals surface area contributed by atoms with Crippen LogP contribution in [-0.2, 0) is 14.3 Å². The second-order valence-electron chi connectivity index (χ2n) is 2.79. The highest BCUT2D eigenvalue weighted by Gasteiger charge is 2.36. The fourth-order valence-electron chi connectivity index (χ4n) is 1.38. The Hall–Kier alpha value is -1.91. The van der Waals surface area contributed by atoms with Crippen molar-refractivity contribution in [2.75, 3.05) is 7.11 Å². The molecule has 0 aromatic carbocycles. The minimum absolute atomic E-state index is 0.366. The van der Waals surface area contributed by atoms with Gasteiger partial charge in [-0.15, -0.1) is 0 Å². The Morgan fingerprint density at radius 1 is 1.50 bits per heavy atom. The highest BCUT2D eigenvalue weighted by molar-refractivity contribution is 6.18. The van der Waals surface area contributed by atoms with E-state index in [4.69, 9.17) is 4.74 Å². The summed E-state index contributed by atoms with van der Waals surface area (Å²) in [5, 5.41) is 0. The van der Waals surface area contributed by atoms with Gasteiger partial charge in [0.2, 0.25) is 0 Å². The van der Waals surface area contributed by atoms with Crippen molar-refractivity contribution in [1.29, 1.82) is 0 Å². The first-order valence-electron chi connectivity index (χ1n) is 3.99. The van der Waals surface area contributed by atoms with Crippen LogP contribution < -0.4 is 0 Å². The van der Waals surface area contributed by atoms with Crippen molar-refractivity contribution in [3.05, 3.63) is 24.0 Å². The molecule has 0 radical (unpaired) electrons. The summed E-state index contributed by atoms with van der Waals surface area (Å²) in [5.41, 5.74) is 0.366. The van der Waals surface area contributed by atoms with E-state index < -0.39 is 18.0 Å². The number of hydrogen-bond donors (Lipinski definition) is 0. The molecule has 14 heavy (non-hydrogen) atoms. The minimum Gasteiger partial charge on any atom is -0.500 e. The zero-order valence-electron chi connectivity index (χ0n) is 7.39. The lowest BCUT2D eigenvalue weighted by Gasteiger charge is -2.22. The van der Waals surface area contributed by atoms with Gasteiger partial charge in [0.1, 0.15) is 5.76 Å². The van der Waals surface area contributed by atoms with E-state index in [1.165, 1.54) is 7.11 Å². The Bertz CT molecular complexity index is 392. The number of hydrogen-bond acceptors (Lipinski definition) is 4. The smallest absolute Gasteiger partial charge is 0.441 e. The molecular formula is C9H7NO4. The average Bonchev–Trinajstić information content (AvgIpc) is 2.16. The third kappa shape index (κ3) is 1.22. The van der Waals surface area contributed by atoms with Crippen molar-refractivity contribution in [2.45, 2.75) is 0 Å². The predicted octanol–water partition coefficient (Wildman–Crippen LogP) is 0.821. The van der Waals surface area contributed by atoms with Crippen LogP contribution in [0, 0.1) is 5.92 Å². The summed E-state index contributed by atoms with van der Waals surface area (Å²) >= 11 is 0. The lowest BCUT2D eigenvalue weighted by Crippen LogP contribution is -2.34. The third-order valence-electron chi connectivity index (χ3n) is 1.99. The molecule has 0 saturated carbocycles. The molecule has 0 spiro atoms. The molecule has 1 aliphatic heterocycles. The molecular weight excluding hydrogens is 186 g/mol. The van der Waals surface area contributed by atoms with E-state index in [0.29, 0.717) is 11.5 Å². The first kappa shape index (κ1) is 8.68. The van der Waals surface area contributed by atoms with Gasteiger partial charge < -0.3 is 9.47 Å². The van der Waals surface area contributed by atoms with Gasteiger partial charge in [-0.05, 0) is 12.2 Å². The normalized spacial score (nSPS) is 24.8. The zero-order valence-corrected chi connectivity index (χ0v) is 7.39. The van der Waals surface area contributed by atoms with Crippen LogP contribution in [-0.4, -0.2) is 24.9 Å². The maximum absolute atomic E-state index is 11.3. The highest BCUT2D eigenvalue weighted by Crippen LogP contribution is 2.23. The SMILES string of the molecule is COC1=CC=CC2=NC(=O)OC(=O)C12. The number of esters is 1. The molecule has 0 aromatic heterocycles. The van der Waals surface area contributed by atoms with Crippen LogP contribution >= 0.6 is 0 Å². The quantitative estimate of drug-likeness (QED) is 0.456. The second-order valence-corrected chi connectivity index (χ2v) is 2.79. The number of cyclic esters (lactones) is 2. The minimum atomic E-state index is -0.872.